The fourth-order valence-electron chi connectivity index (χ4n) is 3.85. The highest BCUT2D eigenvalue weighted by molar-refractivity contribution is 7.89. The second kappa shape index (κ2) is 8.26. The van der Waals surface area contributed by atoms with E-state index in [1.807, 2.05) is 6.92 Å². The normalized spacial score (nSPS) is 18.2. The molecule has 0 bridgehead atoms. The zero-order valence-electron chi connectivity index (χ0n) is 17.3. The number of nitrogens with zero attached hydrogens (tertiary/aromatic N) is 2. The van der Waals surface area contributed by atoms with Crippen LogP contribution >= 0.6 is 11.6 Å². The monoisotopic (exact) mass is 461 g/mol. The molecule has 0 unspecified atom stereocenters. The average molecular weight is 462 g/mol. The zero-order valence-corrected chi connectivity index (χ0v) is 18.9. The molecule has 7 nitrogen and oxygen atoms in total. The first kappa shape index (κ1) is 21.8. The first-order chi connectivity index (χ1) is 14.7. The Hall–Kier alpha value is -2.42. The Balaban J connectivity index is 1.50. The maximum atomic E-state index is 13.0. The van der Waals surface area contributed by atoms with Crippen molar-refractivity contribution in [1.29, 1.82) is 0 Å². The third-order valence-corrected chi connectivity index (χ3v) is 7.78. The highest BCUT2D eigenvalue weighted by atomic mass is 35.5. The van der Waals surface area contributed by atoms with Crippen molar-refractivity contribution < 1.29 is 18.0 Å². The number of likely N-dealkylation sites (N-methyl/N-ethyl adjacent to an activating group) is 1. The standard InChI is InChI=1S/C22H24ClN3O4S/c1-14-11-16-12-17(9-10-20(16)26(14)22(28)15-7-8-15)31(29,30)25(2)13-21(27)24-19-6-4-3-5-18(19)23/h3-6,9-10,12,14-15H,7-8,11,13H2,1-2H3,(H,24,27)/t14-/m1/s1. The van der Waals surface area contributed by atoms with Crippen molar-refractivity contribution in [3.63, 3.8) is 0 Å². The topological polar surface area (TPSA) is 86.8 Å². The van der Waals surface area contributed by atoms with Crippen molar-refractivity contribution in [1.82, 2.24) is 4.31 Å². The molecule has 0 aromatic heterocycles. The lowest BCUT2D eigenvalue weighted by molar-refractivity contribution is -0.120. The van der Waals surface area contributed by atoms with E-state index in [1.165, 1.54) is 13.1 Å². The van der Waals surface area contributed by atoms with E-state index in [2.05, 4.69) is 5.32 Å². The van der Waals surface area contributed by atoms with E-state index < -0.39 is 15.9 Å². The van der Waals surface area contributed by atoms with E-state index in [4.69, 9.17) is 11.6 Å². The number of amides is 2. The number of fused-ring (bicyclic) bond motifs is 1. The van der Waals surface area contributed by atoms with Crippen LogP contribution in [0.15, 0.2) is 47.4 Å². The summed E-state index contributed by atoms with van der Waals surface area (Å²) in [6, 6.07) is 11.6. The highest BCUT2D eigenvalue weighted by Crippen LogP contribution is 2.39. The molecule has 0 spiro atoms. The molecular formula is C22H24ClN3O4S. The minimum atomic E-state index is -3.88. The summed E-state index contributed by atoms with van der Waals surface area (Å²) >= 11 is 6.04. The highest BCUT2D eigenvalue weighted by Gasteiger charge is 2.40. The average Bonchev–Trinajstić information content (AvgIpc) is 3.51. The maximum absolute atomic E-state index is 13.0. The van der Waals surface area contributed by atoms with Crippen molar-refractivity contribution in [2.75, 3.05) is 23.8 Å². The Morgan fingerprint density at radius 3 is 2.58 bits per heavy atom. The number of halogens is 1. The van der Waals surface area contributed by atoms with Gasteiger partial charge in [0.15, 0.2) is 0 Å². The minimum absolute atomic E-state index is 0.000169. The van der Waals surface area contributed by atoms with Crippen LogP contribution in [0.5, 0.6) is 0 Å². The fourth-order valence-corrected chi connectivity index (χ4v) is 5.21. The molecule has 4 rings (SSSR count). The van der Waals surface area contributed by atoms with Gasteiger partial charge < -0.3 is 10.2 Å². The van der Waals surface area contributed by atoms with Crippen molar-refractivity contribution in [3.05, 3.63) is 53.1 Å². The maximum Gasteiger partial charge on any atom is 0.243 e. The molecule has 1 fully saturated rings. The van der Waals surface area contributed by atoms with Crippen LogP contribution in [0.4, 0.5) is 11.4 Å². The van der Waals surface area contributed by atoms with Gasteiger partial charge in [0.25, 0.3) is 0 Å². The van der Waals surface area contributed by atoms with Gasteiger partial charge in [-0.1, -0.05) is 23.7 Å². The number of nitrogens with one attached hydrogen (secondary N) is 1. The van der Waals surface area contributed by atoms with Gasteiger partial charge in [-0.15, -0.1) is 0 Å². The zero-order chi connectivity index (χ0) is 22.3. The van der Waals surface area contributed by atoms with Crippen LogP contribution in [0.25, 0.3) is 0 Å². The number of benzene rings is 2. The minimum Gasteiger partial charge on any atom is -0.324 e. The SMILES string of the molecule is C[C@@H]1Cc2cc(S(=O)(=O)N(C)CC(=O)Nc3ccccc3Cl)ccc2N1C(=O)C1CC1. The van der Waals surface area contributed by atoms with Gasteiger partial charge in [0.2, 0.25) is 21.8 Å². The molecule has 0 radical (unpaired) electrons. The van der Waals surface area contributed by atoms with Crippen molar-refractivity contribution >= 4 is 44.8 Å². The van der Waals surface area contributed by atoms with Gasteiger partial charge >= 0.3 is 0 Å². The molecule has 1 atom stereocenters. The van der Waals surface area contributed by atoms with Crippen molar-refractivity contribution in [2.24, 2.45) is 5.92 Å². The van der Waals surface area contributed by atoms with Crippen molar-refractivity contribution in [2.45, 2.75) is 37.1 Å². The quantitative estimate of drug-likeness (QED) is 0.715. The summed E-state index contributed by atoms with van der Waals surface area (Å²) in [6.45, 7) is 1.62. The number of carbonyl (C=O) groups excluding carboxylic acids is 2. The van der Waals surface area contributed by atoms with Gasteiger partial charge in [0.1, 0.15) is 0 Å². The lowest BCUT2D eigenvalue weighted by Crippen LogP contribution is -2.36. The lowest BCUT2D eigenvalue weighted by atomic mass is 10.1. The molecule has 1 aliphatic carbocycles. The number of para-hydroxylation sites is 1. The Morgan fingerprint density at radius 1 is 1.19 bits per heavy atom. The Labute approximate surface area is 187 Å². The molecule has 1 heterocycles. The number of sulfonamides is 1. The van der Waals surface area contributed by atoms with Crippen LogP contribution in [0.3, 0.4) is 0 Å². The van der Waals surface area contributed by atoms with Crippen LogP contribution in [-0.2, 0) is 26.0 Å². The predicted octanol–water partition coefficient (Wildman–Crippen LogP) is 3.29. The molecule has 1 N–H and O–H groups in total. The largest absolute Gasteiger partial charge is 0.324 e. The molecule has 2 aliphatic rings. The van der Waals surface area contributed by atoms with E-state index in [0.29, 0.717) is 17.1 Å². The summed E-state index contributed by atoms with van der Waals surface area (Å²) in [7, 11) is -2.52. The number of hydrogen-bond acceptors (Lipinski definition) is 4. The van der Waals surface area contributed by atoms with Crippen molar-refractivity contribution in [3.8, 4) is 0 Å². The Morgan fingerprint density at radius 2 is 1.90 bits per heavy atom. The first-order valence-electron chi connectivity index (χ1n) is 10.1. The van der Waals surface area contributed by atoms with Gasteiger partial charge in [-0.25, -0.2) is 8.42 Å². The molecular weight excluding hydrogens is 438 g/mol. The third kappa shape index (κ3) is 4.33. The molecule has 0 saturated heterocycles. The number of carbonyl (C=O) groups is 2. The van der Waals surface area contributed by atoms with E-state index in [-0.39, 0.29) is 29.3 Å². The Bertz CT molecular complexity index is 1150. The summed E-state index contributed by atoms with van der Waals surface area (Å²) in [5.74, 6) is -0.273. The summed E-state index contributed by atoms with van der Waals surface area (Å²) in [5.41, 5.74) is 2.03. The van der Waals surface area contributed by atoms with Crippen LogP contribution in [0.2, 0.25) is 5.02 Å². The van der Waals surface area contributed by atoms with E-state index in [0.717, 1.165) is 28.4 Å². The smallest absolute Gasteiger partial charge is 0.243 e. The number of anilines is 2. The molecule has 31 heavy (non-hydrogen) atoms. The first-order valence-corrected chi connectivity index (χ1v) is 12.0. The van der Waals surface area contributed by atoms with Crippen LogP contribution in [0.1, 0.15) is 25.3 Å². The van der Waals surface area contributed by atoms with Gasteiger partial charge in [-0.3, -0.25) is 9.59 Å². The second-order valence-corrected chi connectivity index (χ2v) is 10.6. The van der Waals surface area contributed by atoms with E-state index >= 15 is 0 Å². The van der Waals surface area contributed by atoms with Gasteiger partial charge in [-0.2, -0.15) is 4.31 Å². The predicted molar refractivity (Wildman–Crippen MR) is 120 cm³/mol. The van der Waals surface area contributed by atoms with Gasteiger partial charge in [0.05, 0.1) is 22.2 Å². The molecule has 2 aromatic carbocycles. The van der Waals surface area contributed by atoms with E-state index in [1.54, 1.807) is 41.3 Å². The third-order valence-electron chi connectivity index (χ3n) is 5.65. The fraction of sp³-hybridized carbons (Fsp3) is 0.364. The molecule has 1 saturated carbocycles. The number of rotatable bonds is 6. The van der Waals surface area contributed by atoms with Crippen LogP contribution in [0, 0.1) is 5.92 Å². The second-order valence-electron chi connectivity index (χ2n) is 8.12. The van der Waals surface area contributed by atoms with Crippen LogP contribution in [-0.4, -0.2) is 44.2 Å². The van der Waals surface area contributed by atoms with Gasteiger partial charge in [0, 0.05) is 24.7 Å². The molecule has 2 amide bonds. The number of hydrogen-bond donors (Lipinski definition) is 1. The summed E-state index contributed by atoms with van der Waals surface area (Å²) < 4.78 is 27.1. The molecule has 164 valence electrons. The van der Waals surface area contributed by atoms with Gasteiger partial charge in [-0.05, 0) is 62.1 Å². The molecule has 1 aliphatic heterocycles. The lowest BCUT2D eigenvalue weighted by Gasteiger charge is -2.23. The Kier molecular flexibility index (Phi) is 5.81. The molecule has 9 heteroatoms. The summed E-state index contributed by atoms with van der Waals surface area (Å²) in [5, 5.41) is 3.00. The van der Waals surface area contributed by atoms with E-state index in [9.17, 15) is 18.0 Å². The molecule has 2 aromatic rings. The van der Waals surface area contributed by atoms with Crippen LogP contribution < -0.4 is 10.2 Å². The summed E-state index contributed by atoms with van der Waals surface area (Å²) in [6.07, 6.45) is 2.45. The summed E-state index contributed by atoms with van der Waals surface area (Å²) in [4.78, 5) is 26.9.